The number of carbonyl (C=O) groups is 3. The van der Waals surface area contributed by atoms with Crippen LogP contribution in [0.25, 0.3) is 11.3 Å². The van der Waals surface area contributed by atoms with Crippen LogP contribution in [0.3, 0.4) is 0 Å². The predicted molar refractivity (Wildman–Crippen MR) is 128 cm³/mol. The molecule has 0 spiro atoms. The highest BCUT2D eigenvalue weighted by molar-refractivity contribution is 5.92. The van der Waals surface area contributed by atoms with E-state index in [9.17, 15) is 14.4 Å². The van der Waals surface area contributed by atoms with Gasteiger partial charge >= 0.3 is 6.09 Å². The van der Waals surface area contributed by atoms with Crippen LogP contribution in [-0.2, 0) is 14.3 Å². The summed E-state index contributed by atoms with van der Waals surface area (Å²) in [6, 6.07) is 14.0. The van der Waals surface area contributed by atoms with Gasteiger partial charge in [-0.05, 0) is 24.8 Å². The third kappa shape index (κ3) is 6.12. The number of alkyl carbamates (subject to hydrolysis) is 1. The van der Waals surface area contributed by atoms with Crippen LogP contribution in [-0.4, -0.2) is 60.0 Å². The van der Waals surface area contributed by atoms with Gasteiger partial charge in [-0.15, -0.1) is 0 Å². The first-order valence-corrected chi connectivity index (χ1v) is 11.4. The van der Waals surface area contributed by atoms with Crippen molar-refractivity contribution < 1.29 is 23.9 Å². The Morgan fingerprint density at radius 3 is 2.44 bits per heavy atom. The molecule has 1 aliphatic rings. The molecule has 1 fully saturated rings. The van der Waals surface area contributed by atoms with E-state index in [1.54, 1.807) is 11.0 Å². The van der Waals surface area contributed by atoms with Crippen molar-refractivity contribution in [3.05, 3.63) is 48.5 Å². The Kier molecular flexibility index (Phi) is 7.91. The van der Waals surface area contributed by atoms with Crippen LogP contribution < -0.4 is 10.1 Å². The van der Waals surface area contributed by atoms with Crippen LogP contribution in [0.15, 0.2) is 48.5 Å². The van der Waals surface area contributed by atoms with Crippen molar-refractivity contribution in [1.29, 1.82) is 0 Å². The van der Waals surface area contributed by atoms with E-state index in [1.165, 1.54) is 14.0 Å². The number of hydrogen-bond donors (Lipinski definition) is 1. The molecule has 8 nitrogen and oxygen atoms in total. The van der Waals surface area contributed by atoms with Crippen LogP contribution in [0.2, 0.25) is 0 Å². The maximum atomic E-state index is 13.4. The van der Waals surface area contributed by atoms with Gasteiger partial charge in [-0.25, -0.2) is 9.78 Å². The molecule has 0 saturated carbocycles. The average Bonchev–Trinajstić information content (AvgIpc) is 3.25. The largest absolute Gasteiger partial charge is 0.477 e. The summed E-state index contributed by atoms with van der Waals surface area (Å²) in [5, 5.41) is 2.63. The molecule has 0 aliphatic carbocycles. The van der Waals surface area contributed by atoms with Crippen LogP contribution in [0.1, 0.15) is 34.1 Å². The number of ether oxygens (including phenoxy) is 2. The molecule has 0 radical (unpaired) electrons. The van der Waals surface area contributed by atoms with E-state index in [-0.39, 0.29) is 17.6 Å². The van der Waals surface area contributed by atoms with Crippen LogP contribution in [0.5, 0.6) is 5.88 Å². The number of benzene rings is 1. The van der Waals surface area contributed by atoms with Gasteiger partial charge in [0, 0.05) is 24.1 Å². The minimum absolute atomic E-state index is 0.0428. The van der Waals surface area contributed by atoms with Crippen molar-refractivity contribution >= 4 is 17.8 Å². The first kappa shape index (κ1) is 25.2. The summed E-state index contributed by atoms with van der Waals surface area (Å²) in [6.45, 7) is 7.74. The summed E-state index contributed by atoms with van der Waals surface area (Å²) in [5.41, 5.74) is 1.24. The minimum atomic E-state index is -0.828. The smallest absolute Gasteiger partial charge is 0.407 e. The number of hydrogen-bond acceptors (Lipinski definition) is 6. The summed E-state index contributed by atoms with van der Waals surface area (Å²) < 4.78 is 10.7. The van der Waals surface area contributed by atoms with Crippen molar-refractivity contribution in [3.8, 4) is 17.1 Å². The lowest BCUT2D eigenvalue weighted by Crippen LogP contribution is -2.56. The zero-order chi connectivity index (χ0) is 24.9. The van der Waals surface area contributed by atoms with E-state index < -0.39 is 23.6 Å². The Bertz CT molecular complexity index is 1020. The molecule has 0 unspecified atom stereocenters. The normalized spacial score (nSPS) is 18.8. The highest BCUT2D eigenvalue weighted by Gasteiger charge is 2.44. The Labute approximate surface area is 200 Å². The van der Waals surface area contributed by atoms with E-state index in [1.807, 2.05) is 63.2 Å². The van der Waals surface area contributed by atoms with E-state index in [2.05, 4.69) is 10.3 Å². The molecule has 8 heteroatoms. The number of rotatable bonds is 7. The van der Waals surface area contributed by atoms with Gasteiger partial charge in [-0.1, -0.05) is 57.2 Å². The number of likely N-dealkylation sites (tertiary alicyclic amines) is 1. The van der Waals surface area contributed by atoms with Crippen LogP contribution in [0, 0.1) is 11.3 Å². The van der Waals surface area contributed by atoms with Gasteiger partial charge in [-0.2, -0.15) is 0 Å². The molecule has 2 amide bonds. The van der Waals surface area contributed by atoms with Gasteiger partial charge in [0.2, 0.25) is 11.8 Å². The van der Waals surface area contributed by atoms with E-state index in [0.717, 1.165) is 11.3 Å². The topological polar surface area (TPSA) is 97.8 Å². The molecule has 1 N–H and O–H groups in total. The third-order valence-corrected chi connectivity index (χ3v) is 5.96. The fourth-order valence-electron chi connectivity index (χ4n) is 4.13. The number of ketones is 1. The molecule has 3 atom stereocenters. The predicted octanol–water partition coefficient (Wildman–Crippen LogP) is 3.70. The van der Waals surface area contributed by atoms with E-state index in [4.69, 9.17) is 9.47 Å². The molecule has 34 heavy (non-hydrogen) atoms. The highest BCUT2D eigenvalue weighted by atomic mass is 16.5. The Morgan fingerprint density at radius 2 is 1.82 bits per heavy atom. The number of pyridine rings is 1. The van der Waals surface area contributed by atoms with Gasteiger partial charge < -0.3 is 19.7 Å². The highest BCUT2D eigenvalue weighted by Crippen LogP contribution is 2.29. The van der Waals surface area contributed by atoms with E-state index in [0.29, 0.717) is 25.5 Å². The summed E-state index contributed by atoms with van der Waals surface area (Å²) in [5.74, 6) is 0.0554. The maximum Gasteiger partial charge on any atom is 0.407 e. The fourth-order valence-corrected chi connectivity index (χ4v) is 4.13. The van der Waals surface area contributed by atoms with Gasteiger partial charge in [0.05, 0.1) is 25.5 Å². The monoisotopic (exact) mass is 467 g/mol. The summed E-state index contributed by atoms with van der Waals surface area (Å²) in [7, 11) is 1.25. The lowest BCUT2D eigenvalue weighted by Gasteiger charge is -2.34. The molecule has 1 saturated heterocycles. The average molecular weight is 468 g/mol. The molecule has 182 valence electrons. The summed E-state index contributed by atoms with van der Waals surface area (Å²) in [6.07, 6.45) is -0.190. The van der Waals surface area contributed by atoms with Crippen LogP contribution >= 0.6 is 0 Å². The lowest BCUT2D eigenvalue weighted by molar-refractivity contribution is -0.140. The second-order valence-corrected chi connectivity index (χ2v) is 9.69. The number of aromatic nitrogens is 1. The van der Waals surface area contributed by atoms with Gasteiger partial charge in [0.15, 0.2) is 5.78 Å². The van der Waals surface area contributed by atoms with Crippen molar-refractivity contribution in [3.63, 3.8) is 0 Å². The van der Waals surface area contributed by atoms with Gasteiger partial charge in [0.25, 0.3) is 0 Å². The Hall–Kier alpha value is -3.42. The van der Waals surface area contributed by atoms with Gasteiger partial charge in [-0.3, -0.25) is 9.59 Å². The maximum absolute atomic E-state index is 13.4. The summed E-state index contributed by atoms with van der Waals surface area (Å²) in [4.78, 5) is 43.8. The molecule has 1 aromatic heterocycles. The molecule has 2 heterocycles. The summed E-state index contributed by atoms with van der Waals surface area (Å²) >= 11 is 0. The minimum Gasteiger partial charge on any atom is -0.477 e. The quantitative estimate of drug-likeness (QED) is 0.667. The number of methoxy groups -OCH3 is 1. The first-order valence-electron chi connectivity index (χ1n) is 11.4. The third-order valence-electron chi connectivity index (χ3n) is 5.96. The number of nitrogens with zero attached hydrogens (tertiary/aromatic N) is 2. The number of nitrogens with one attached hydrogen (secondary N) is 1. The second-order valence-electron chi connectivity index (χ2n) is 9.69. The Balaban J connectivity index is 1.71. The van der Waals surface area contributed by atoms with Crippen molar-refractivity contribution in [1.82, 2.24) is 15.2 Å². The van der Waals surface area contributed by atoms with Gasteiger partial charge in [0.1, 0.15) is 6.04 Å². The first-order chi connectivity index (χ1) is 16.1. The standard InChI is InChI=1S/C26H33N3O5/c1-17(30)21-14-18(15-29(21)24(31)23(26(2,3)4)28-25(32)33-5)16-34-22-13-9-12-20(27-22)19-10-7-6-8-11-19/h6-13,18,21,23H,14-16H2,1-5H3,(H,28,32)/t18-,21+,23-/m1/s1. The molecule has 0 bridgehead atoms. The zero-order valence-corrected chi connectivity index (χ0v) is 20.4. The lowest BCUT2D eigenvalue weighted by atomic mass is 9.85. The molecule has 2 aromatic rings. The molecule has 1 aromatic carbocycles. The number of carbonyl (C=O) groups excluding carboxylic acids is 3. The SMILES string of the molecule is COC(=O)N[C@H](C(=O)N1C[C@H](COc2cccc(-c3ccccc3)n2)C[C@H]1C(C)=O)C(C)(C)C. The van der Waals surface area contributed by atoms with E-state index >= 15 is 0 Å². The fraction of sp³-hybridized carbons (Fsp3) is 0.462. The molecule has 3 rings (SSSR count). The molecular formula is C26H33N3O5. The molecular weight excluding hydrogens is 434 g/mol. The van der Waals surface area contributed by atoms with Crippen molar-refractivity contribution in [2.75, 3.05) is 20.3 Å². The Morgan fingerprint density at radius 1 is 1.12 bits per heavy atom. The molecule has 1 aliphatic heterocycles. The van der Waals surface area contributed by atoms with Crippen molar-refractivity contribution in [2.45, 2.75) is 46.2 Å². The zero-order valence-electron chi connectivity index (χ0n) is 20.4. The van der Waals surface area contributed by atoms with Crippen molar-refractivity contribution in [2.24, 2.45) is 11.3 Å². The number of Topliss-reactive ketones (excluding diaryl/α,β-unsaturated/α-hetero) is 1. The second kappa shape index (κ2) is 10.7. The number of amides is 2. The van der Waals surface area contributed by atoms with Crippen LogP contribution in [0.4, 0.5) is 4.79 Å².